The molecule has 2 rings (SSSR count). The van der Waals surface area contributed by atoms with E-state index in [9.17, 15) is 0 Å². The van der Waals surface area contributed by atoms with Gasteiger partial charge in [0.05, 0.1) is 12.2 Å². The van der Waals surface area contributed by atoms with Crippen molar-refractivity contribution in [2.75, 3.05) is 0 Å². The van der Waals surface area contributed by atoms with Crippen molar-refractivity contribution in [2.24, 2.45) is 11.8 Å². The second-order valence-corrected chi connectivity index (χ2v) is 5.55. The molecule has 1 heteroatoms. The first-order valence-electron chi connectivity index (χ1n) is 6.22. The van der Waals surface area contributed by atoms with Crippen molar-refractivity contribution in [3.8, 4) is 0 Å². The summed E-state index contributed by atoms with van der Waals surface area (Å²) in [6.07, 6.45) is 0. The molecule has 1 aromatic rings. The van der Waals surface area contributed by atoms with E-state index in [2.05, 4.69) is 52.8 Å². The van der Waals surface area contributed by atoms with E-state index in [1.165, 1.54) is 16.7 Å². The van der Waals surface area contributed by atoms with Crippen LogP contribution >= 0.6 is 0 Å². The normalized spacial score (nSPS) is 18.2. The number of aryl methyl sites for hydroxylation is 1. The molecule has 1 aliphatic heterocycles. The second-order valence-electron chi connectivity index (χ2n) is 5.55. The summed E-state index contributed by atoms with van der Waals surface area (Å²) in [6.45, 7) is 12.0. The van der Waals surface area contributed by atoms with Crippen LogP contribution in [0.1, 0.15) is 44.4 Å². The van der Waals surface area contributed by atoms with Crippen molar-refractivity contribution in [2.45, 2.75) is 46.8 Å². The Bertz CT molecular complexity index is 382. The number of fused-ring (bicyclic) bond motifs is 1. The Morgan fingerprint density at radius 3 is 2.31 bits per heavy atom. The zero-order valence-corrected chi connectivity index (χ0v) is 11.0. The van der Waals surface area contributed by atoms with Crippen molar-refractivity contribution >= 4 is 0 Å². The predicted octanol–water partition coefficient (Wildman–Crippen LogP) is 4.03. The summed E-state index contributed by atoms with van der Waals surface area (Å²) in [7, 11) is 0. The van der Waals surface area contributed by atoms with Gasteiger partial charge < -0.3 is 4.74 Å². The van der Waals surface area contributed by atoms with Crippen LogP contribution in [0.2, 0.25) is 0 Å². The van der Waals surface area contributed by atoms with E-state index in [-0.39, 0.29) is 5.60 Å². The molecular weight excluding hydrogens is 196 g/mol. The topological polar surface area (TPSA) is 9.23 Å². The Hall–Kier alpha value is -0.820. The lowest BCUT2D eigenvalue weighted by Gasteiger charge is -2.37. The SMILES string of the molecule is Cc1ccc2c(c1)COC2(C(C)C)C(C)C. The molecule has 0 fully saturated rings. The smallest absolute Gasteiger partial charge is 0.0984 e. The zero-order valence-electron chi connectivity index (χ0n) is 11.0. The van der Waals surface area contributed by atoms with E-state index in [1.54, 1.807) is 0 Å². The maximum Gasteiger partial charge on any atom is 0.0984 e. The fourth-order valence-electron chi connectivity index (χ4n) is 3.12. The maximum atomic E-state index is 6.19. The highest BCUT2D eigenvalue weighted by molar-refractivity contribution is 5.39. The van der Waals surface area contributed by atoms with Crippen LogP contribution in [0.4, 0.5) is 0 Å². The summed E-state index contributed by atoms with van der Waals surface area (Å²) >= 11 is 0. The van der Waals surface area contributed by atoms with Gasteiger partial charge in [-0.3, -0.25) is 0 Å². The molecule has 0 amide bonds. The summed E-state index contributed by atoms with van der Waals surface area (Å²) in [4.78, 5) is 0. The predicted molar refractivity (Wildman–Crippen MR) is 67.3 cm³/mol. The Labute approximate surface area is 98.8 Å². The molecule has 0 saturated carbocycles. The van der Waals surface area contributed by atoms with Crippen molar-refractivity contribution < 1.29 is 4.74 Å². The molecule has 0 spiro atoms. The molecule has 1 aliphatic rings. The minimum Gasteiger partial charge on any atom is -0.365 e. The lowest BCUT2D eigenvalue weighted by molar-refractivity contribution is -0.106. The summed E-state index contributed by atoms with van der Waals surface area (Å²) in [5, 5.41) is 0. The van der Waals surface area contributed by atoms with Crippen LogP contribution < -0.4 is 0 Å². The third-order valence-corrected chi connectivity index (χ3v) is 3.86. The quantitative estimate of drug-likeness (QED) is 0.728. The highest BCUT2D eigenvalue weighted by Gasteiger charge is 2.45. The summed E-state index contributed by atoms with van der Waals surface area (Å²) in [5.74, 6) is 1.02. The zero-order chi connectivity index (χ0) is 11.9. The monoisotopic (exact) mass is 218 g/mol. The minimum atomic E-state index is -0.0803. The van der Waals surface area contributed by atoms with Gasteiger partial charge in [-0.25, -0.2) is 0 Å². The first-order chi connectivity index (χ1) is 7.48. The third kappa shape index (κ3) is 1.49. The molecule has 0 saturated heterocycles. The van der Waals surface area contributed by atoms with Gasteiger partial charge in [0, 0.05) is 0 Å². The molecule has 1 heterocycles. The molecular formula is C15H22O. The van der Waals surface area contributed by atoms with Crippen LogP contribution in [0, 0.1) is 18.8 Å². The molecule has 16 heavy (non-hydrogen) atoms. The van der Waals surface area contributed by atoms with Gasteiger partial charge in [0.25, 0.3) is 0 Å². The molecule has 1 nitrogen and oxygen atoms in total. The van der Waals surface area contributed by atoms with E-state index >= 15 is 0 Å². The fraction of sp³-hybridized carbons (Fsp3) is 0.600. The maximum absolute atomic E-state index is 6.19. The Balaban J connectivity index is 2.55. The van der Waals surface area contributed by atoms with Crippen LogP contribution in [-0.2, 0) is 16.9 Å². The van der Waals surface area contributed by atoms with Crippen LogP contribution in [-0.4, -0.2) is 0 Å². The van der Waals surface area contributed by atoms with Crippen LogP contribution in [0.5, 0.6) is 0 Å². The summed E-state index contributed by atoms with van der Waals surface area (Å²) < 4.78 is 6.19. The highest BCUT2D eigenvalue weighted by atomic mass is 16.5. The lowest BCUT2D eigenvalue weighted by atomic mass is 9.75. The number of ether oxygens (including phenoxy) is 1. The van der Waals surface area contributed by atoms with Crippen LogP contribution in [0.25, 0.3) is 0 Å². The molecule has 88 valence electrons. The van der Waals surface area contributed by atoms with E-state index in [0.29, 0.717) is 11.8 Å². The third-order valence-electron chi connectivity index (χ3n) is 3.86. The Morgan fingerprint density at radius 1 is 1.12 bits per heavy atom. The number of hydrogen-bond acceptors (Lipinski definition) is 1. The molecule has 0 bridgehead atoms. The van der Waals surface area contributed by atoms with Crippen molar-refractivity contribution in [3.05, 3.63) is 34.9 Å². The van der Waals surface area contributed by atoms with E-state index in [1.807, 2.05) is 0 Å². The number of hydrogen-bond donors (Lipinski definition) is 0. The van der Waals surface area contributed by atoms with E-state index in [4.69, 9.17) is 4.74 Å². The fourth-order valence-corrected chi connectivity index (χ4v) is 3.12. The Kier molecular flexibility index (Phi) is 2.83. The first-order valence-corrected chi connectivity index (χ1v) is 6.22. The summed E-state index contributed by atoms with van der Waals surface area (Å²) in [6, 6.07) is 6.73. The van der Waals surface area contributed by atoms with Gasteiger partial charge in [-0.05, 0) is 29.9 Å². The molecule has 0 atom stereocenters. The molecule has 0 radical (unpaired) electrons. The van der Waals surface area contributed by atoms with Gasteiger partial charge in [0.15, 0.2) is 0 Å². The van der Waals surface area contributed by atoms with Gasteiger partial charge in [-0.15, -0.1) is 0 Å². The van der Waals surface area contributed by atoms with Crippen molar-refractivity contribution in [3.63, 3.8) is 0 Å². The molecule has 0 aromatic heterocycles. The molecule has 0 unspecified atom stereocenters. The van der Waals surface area contributed by atoms with E-state index < -0.39 is 0 Å². The van der Waals surface area contributed by atoms with Crippen molar-refractivity contribution in [1.29, 1.82) is 0 Å². The van der Waals surface area contributed by atoms with Gasteiger partial charge in [0.2, 0.25) is 0 Å². The van der Waals surface area contributed by atoms with Gasteiger partial charge in [-0.2, -0.15) is 0 Å². The standard InChI is InChI=1S/C15H22O/c1-10(2)15(11(3)4)14-7-6-12(5)8-13(14)9-16-15/h6-8,10-11H,9H2,1-5H3. The summed E-state index contributed by atoms with van der Waals surface area (Å²) in [5.41, 5.74) is 4.03. The van der Waals surface area contributed by atoms with Crippen LogP contribution in [0.15, 0.2) is 18.2 Å². The van der Waals surface area contributed by atoms with E-state index in [0.717, 1.165) is 6.61 Å². The van der Waals surface area contributed by atoms with Crippen LogP contribution in [0.3, 0.4) is 0 Å². The average molecular weight is 218 g/mol. The number of rotatable bonds is 2. The number of benzene rings is 1. The highest BCUT2D eigenvalue weighted by Crippen LogP contribution is 2.47. The van der Waals surface area contributed by atoms with Crippen molar-refractivity contribution in [1.82, 2.24) is 0 Å². The van der Waals surface area contributed by atoms with Gasteiger partial charge in [-0.1, -0.05) is 51.5 Å². The molecule has 1 aromatic carbocycles. The largest absolute Gasteiger partial charge is 0.365 e. The minimum absolute atomic E-state index is 0.0803. The first kappa shape index (κ1) is 11.7. The molecule has 0 aliphatic carbocycles. The van der Waals surface area contributed by atoms with Gasteiger partial charge in [0.1, 0.15) is 0 Å². The average Bonchev–Trinajstić information content (AvgIpc) is 2.56. The van der Waals surface area contributed by atoms with Gasteiger partial charge >= 0.3 is 0 Å². The Morgan fingerprint density at radius 2 is 1.75 bits per heavy atom. The molecule has 0 N–H and O–H groups in total. The lowest BCUT2D eigenvalue weighted by Crippen LogP contribution is -2.37. The second kappa shape index (κ2) is 3.89.